The predicted molar refractivity (Wildman–Crippen MR) is 105 cm³/mol. The largest absolute Gasteiger partial charge is 0.492 e. The predicted octanol–water partition coefficient (Wildman–Crippen LogP) is 4.08. The van der Waals surface area contributed by atoms with Gasteiger partial charge in [-0.1, -0.05) is 24.3 Å². The van der Waals surface area contributed by atoms with Crippen molar-refractivity contribution in [1.82, 2.24) is 4.98 Å². The molecule has 0 spiro atoms. The van der Waals surface area contributed by atoms with E-state index >= 15 is 0 Å². The van der Waals surface area contributed by atoms with Crippen LogP contribution in [0.1, 0.15) is 19.8 Å². The molecule has 27 heavy (non-hydrogen) atoms. The van der Waals surface area contributed by atoms with Crippen LogP contribution in [0.15, 0.2) is 52.9 Å². The van der Waals surface area contributed by atoms with Gasteiger partial charge in [-0.25, -0.2) is 0 Å². The second-order valence-corrected chi connectivity index (χ2v) is 6.64. The summed E-state index contributed by atoms with van der Waals surface area (Å²) in [6, 6.07) is 15.9. The number of rotatable bonds is 5. The Bertz CT molecular complexity index is 896. The van der Waals surface area contributed by atoms with Crippen LogP contribution in [0.25, 0.3) is 11.1 Å². The molecule has 1 aromatic heterocycles. The summed E-state index contributed by atoms with van der Waals surface area (Å²) in [6.45, 7) is 3.99. The summed E-state index contributed by atoms with van der Waals surface area (Å²) < 4.78 is 11.4. The molecule has 0 saturated carbocycles. The van der Waals surface area contributed by atoms with E-state index in [1.807, 2.05) is 55.5 Å². The van der Waals surface area contributed by atoms with Crippen LogP contribution in [0.3, 0.4) is 0 Å². The number of anilines is 2. The molecule has 0 bridgehead atoms. The highest BCUT2D eigenvalue weighted by atomic mass is 16.5. The van der Waals surface area contributed by atoms with Gasteiger partial charge in [-0.05, 0) is 44.0 Å². The molecule has 1 amide bonds. The van der Waals surface area contributed by atoms with Crippen molar-refractivity contribution in [3.8, 4) is 5.75 Å². The summed E-state index contributed by atoms with van der Waals surface area (Å²) in [4.78, 5) is 19.3. The van der Waals surface area contributed by atoms with E-state index in [1.54, 1.807) is 0 Å². The zero-order valence-electron chi connectivity index (χ0n) is 15.4. The Kier molecular flexibility index (Phi) is 4.96. The number of carbonyl (C=O) groups is 1. The fourth-order valence-electron chi connectivity index (χ4n) is 3.41. The first-order chi connectivity index (χ1) is 13.2. The molecule has 1 fully saturated rings. The van der Waals surface area contributed by atoms with Crippen molar-refractivity contribution in [2.75, 3.05) is 29.9 Å². The summed E-state index contributed by atoms with van der Waals surface area (Å²) >= 11 is 0. The molecule has 2 heterocycles. The van der Waals surface area contributed by atoms with E-state index in [2.05, 4.69) is 15.2 Å². The highest BCUT2D eigenvalue weighted by Crippen LogP contribution is 2.28. The lowest BCUT2D eigenvalue weighted by Crippen LogP contribution is -2.38. The van der Waals surface area contributed by atoms with E-state index in [0.717, 1.165) is 42.7 Å². The topological polar surface area (TPSA) is 67.6 Å². The molecular formula is C21H23N3O3. The van der Waals surface area contributed by atoms with E-state index in [-0.39, 0.29) is 11.8 Å². The van der Waals surface area contributed by atoms with Gasteiger partial charge in [0.1, 0.15) is 11.3 Å². The van der Waals surface area contributed by atoms with Gasteiger partial charge < -0.3 is 19.4 Å². The van der Waals surface area contributed by atoms with Gasteiger partial charge in [0.15, 0.2) is 5.58 Å². The number of aromatic nitrogens is 1. The van der Waals surface area contributed by atoms with Crippen LogP contribution in [-0.2, 0) is 4.79 Å². The third-order valence-electron chi connectivity index (χ3n) is 4.86. The van der Waals surface area contributed by atoms with Gasteiger partial charge in [0.05, 0.1) is 12.3 Å². The number of nitrogens with one attached hydrogen (secondary N) is 1. The van der Waals surface area contributed by atoms with E-state index in [4.69, 9.17) is 9.15 Å². The van der Waals surface area contributed by atoms with Crippen molar-refractivity contribution >= 4 is 28.7 Å². The molecule has 1 saturated heterocycles. The van der Waals surface area contributed by atoms with Crippen molar-refractivity contribution in [3.63, 3.8) is 0 Å². The van der Waals surface area contributed by atoms with Crippen LogP contribution in [0.4, 0.5) is 11.7 Å². The summed E-state index contributed by atoms with van der Waals surface area (Å²) in [7, 11) is 0. The van der Waals surface area contributed by atoms with E-state index < -0.39 is 0 Å². The molecule has 2 aromatic carbocycles. The van der Waals surface area contributed by atoms with Gasteiger partial charge in [0, 0.05) is 19.0 Å². The Morgan fingerprint density at radius 1 is 1.19 bits per heavy atom. The number of amides is 1. The number of oxazole rings is 1. The number of hydrogen-bond donors (Lipinski definition) is 1. The zero-order chi connectivity index (χ0) is 18.6. The first-order valence-corrected chi connectivity index (χ1v) is 9.38. The Morgan fingerprint density at radius 3 is 2.70 bits per heavy atom. The smallest absolute Gasteiger partial charge is 0.298 e. The summed E-state index contributed by atoms with van der Waals surface area (Å²) in [5, 5.41) is 3.02. The highest BCUT2D eigenvalue weighted by Gasteiger charge is 2.27. The Balaban J connectivity index is 1.38. The molecule has 140 valence electrons. The lowest BCUT2D eigenvalue weighted by Gasteiger charge is -2.30. The Labute approximate surface area is 158 Å². The van der Waals surface area contributed by atoms with Crippen molar-refractivity contribution in [2.45, 2.75) is 19.8 Å². The first kappa shape index (κ1) is 17.4. The molecule has 6 nitrogen and oxygen atoms in total. The average molecular weight is 365 g/mol. The van der Waals surface area contributed by atoms with Gasteiger partial charge in [0.25, 0.3) is 6.01 Å². The second kappa shape index (κ2) is 7.70. The molecule has 1 aliphatic rings. The number of ether oxygens (including phenoxy) is 1. The summed E-state index contributed by atoms with van der Waals surface area (Å²) in [5.74, 6) is 0.719. The molecule has 4 rings (SSSR count). The first-order valence-electron chi connectivity index (χ1n) is 9.38. The van der Waals surface area contributed by atoms with Crippen LogP contribution >= 0.6 is 0 Å². The Hall–Kier alpha value is -3.02. The SMILES string of the molecule is CCOc1ccccc1NC(=O)C1CCN(c2nc3ccccc3o2)CC1. The zero-order valence-corrected chi connectivity index (χ0v) is 15.4. The molecule has 0 radical (unpaired) electrons. The molecule has 0 aliphatic carbocycles. The Morgan fingerprint density at radius 2 is 1.93 bits per heavy atom. The van der Waals surface area contributed by atoms with Crippen LogP contribution in [0.2, 0.25) is 0 Å². The minimum Gasteiger partial charge on any atom is -0.492 e. The van der Waals surface area contributed by atoms with E-state index in [0.29, 0.717) is 18.4 Å². The van der Waals surface area contributed by atoms with Crippen LogP contribution < -0.4 is 15.0 Å². The number of carbonyl (C=O) groups excluding carboxylic acids is 1. The third kappa shape index (κ3) is 3.74. The van der Waals surface area contributed by atoms with Crippen molar-refractivity contribution in [1.29, 1.82) is 0 Å². The quantitative estimate of drug-likeness (QED) is 0.738. The fourth-order valence-corrected chi connectivity index (χ4v) is 3.41. The monoisotopic (exact) mass is 365 g/mol. The van der Waals surface area contributed by atoms with E-state index in [9.17, 15) is 4.79 Å². The molecule has 6 heteroatoms. The standard InChI is InChI=1S/C21H23N3O3/c1-2-26-18-9-5-3-7-16(18)22-20(25)15-11-13-24(14-12-15)21-23-17-8-4-6-10-19(17)27-21/h3-10,15H,2,11-14H2,1H3,(H,22,25). The molecular weight excluding hydrogens is 342 g/mol. The number of nitrogens with zero attached hydrogens (tertiary/aromatic N) is 2. The van der Waals surface area contributed by atoms with Gasteiger partial charge in [-0.2, -0.15) is 4.98 Å². The summed E-state index contributed by atoms with van der Waals surface area (Å²) in [6.07, 6.45) is 1.53. The van der Waals surface area contributed by atoms with Gasteiger partial charge in [-0.15, -0.1) is 0 Å². The second-order valence-electron chi connectivity index (χ2n) is 6.64. The summed E-state index contributed by atoms with van der Waals surface area (Å²) in [5.41, 5.74) is 2.38. The molecule has 0 unspecified atom stereocenters. The maximum absolute atomic E-state index is 12.7. The van der Waals surface area contributed by atoms with Crippen LogP contribution in [-0.4, -0.2) is 30.6 Å². The van der Waals surface area contributed by atoms with Crippen LogP contribution in [0, 0.1) is 5.92 Å². The van der Waals surface area contributed by atoms with Crippen molar-refractivity contribution in [2.24, 2.45) is 5.92 Å². The lowest BCUT2D eigenvalue weighted by atomic mass is 9.96. The number of benzene rings is 2. The molecule has 3 aromatic rings. The molecule has 0 atom stereocenters. The molecule has 1 aliphatic heterocycles. The van der Waals surface area contributed by atoms with Crippen molar-refractivity contribution in [3.05, 3.63) is 48.5 Å². The molecule has 1 N–H and O–H groups in total. The highest BCUT2D eigenvalue weighted by molar-refractivity contribution is 5.94. The van der Waals surface area contributed by atoms with Crippen LogP contribution in [0.5, 0.6) is 5.75 Å². The number of piperidine rings is 1. The maximum Gasteiger partial charge on any atom is 0.298 e. The van der Waals surface area contributed by atoms with Gasteiger partial charge in [0.2, 0.25) is 5.91 Å². The average Bonchev–Trinajstić information content (AvgIpc) is 3.14. The minimum atomic E-state index is -0.0275. The maximum atomic E-state index is 12.7. The third-order valence-corrected chi connectivity index (χ3v) is 4.86. The number of hydrogen-bond acceptors (Lipinski definition) is 5. The fraction of sp³-hybridized carbons (Fsp3) is 0.333. The van der Waals surface area contributed by atoms with Gasteiger partial charge >= 0.3 is 0 Å². The van der Waals surface area contributed by atoms with E-state index in [1.165, 1.54) is 0 Å². The normalized spacial score (nSPS) is 15.1. The number of para-hydroxylation sites is 4. The minimum absolute atomic E-state index is 0.0275. The van der Waals surface area contributed by atoms with Crippen molar-refractivity contribution < 1.29 is 13.9 Å². The lowest BCUT2D eigenvalue weighted by molar-refractivity contribution is -0.120. The van der Waals surface area contributed by atoms with Gasteiger partial charge in [-0.3, -0.25) is 4.79 Å². The number of fused-ring (bicyclic) bond motifs is 1.